The van der Waals surface area contributed by atoms with Gasteiger partial charge in [0.15, 0.2) is 0 Å². The van der Waals surface area contributed by atoms with Gasteiger partial charge in [-0.15, -0.1) is 5.54 Å². The third-order valence-corrected chi connectivity index (χ3v) is 12.7. The maximum atomic E-state index is 12.8. The average Bonchev–Trinajstić information content (AvgIpc) is 2.72. The van der Waals surface area contributed by atoms with Gasteiger partial charge in [0, 0.05) is 18.3 Å². The van der Waals surface area contributed by atoms with E-state index in [9.17, 15) is 4.79 Å². The number of hydrogen-bond acceptors (Lipinski definition) is 2. The number of amides is 1. The Hall–Kier alpha value is -2.51. The number of anilines is 1. The van der Waals surface area contributed by atoms with Gasteiger partial charge in [0.25, 0.3) is 0 Å². The lowest BCUT2D eigenvalue weighted by Gasteiger charge is -2.38. The molecule has 1 amide bonds. The molecule has 0 fully saturated rings. The molecular formula is C29H41NO2Si. The molecule has 3 nitrogen and oxygen atoms in total. The van der Waals surface area contributed by atoms with Crippen LogP contribution in [0.4, 0.5) is 10.5 Å². The molecule has 0 N–H and O–H groups in total. The van der Waals surface area contributed by atoms with E-state index in [4.69, 9.17) is 4.74 Å². The molecule has 0 unspecified atom stereocenters. The number of hydrogen-bond donors (Lipinski definition) is 0. The topological polar surface area (TPSA) is 29.5 Å². The van der Waals surface area contributed by atoms with Crippen LogP contribution in [0.1, 0.15) is 67.9 Å². The highest BCUT2D eigenvalue weighted by atomic mass is 28.3. The van der Waals surface area contributed by atoms with E-state index in [1.54, 1.807) is 11.9 Å². The quantitative estimate of drug-likeness (QED) is 0.330. The second-order valence-electron chi connectivity index (χ2n) is 10.8. The fraction of sp³-hybridized carbons (Fsp3) is 0.483. The van der Waals surface area contributed by atoms with Gasteiger partial charge >= 0.3 is 6.09 Å². The molecule has 0 saturated carbocycles. The zero-order valence-electron chi connectivity index (χ0n) is 22.1. The Morgan fingerprint density at radius 2 is 1.42 bits per heavy atom. The first kappa shape index (κ1) is 26.7. The van der Waals surface area contributed by atoms with Gasteiger partial charge in [0.05, 0.1) is 0 Å². The Morgan fingerprint density at radius 3 is 1.91 bits per heavy atom. The predicted molar refractivity (Wildman–Crippen MR) is 144 cm³/mol. The molecule has 2 rings (SSSR count). The molecular weight excluding hydrogens is 422 g/mol. The maximum absolute atomic E-state index is 12.8. The number of rotatable bonds is 5. The molecule has 33 heavy (non-hydrogen) atoms. The van der Waals surface area contributed by atoms with Gasteiger partial charge in [0.2, 0.25) is 0 Å². The van der Waals surface area contributed by atoms with E-state index < -0.39 is 13.7 Å². The Labute approximate surface area is 202 Å². The first-order valence-corrected chi connectivity index (χ1v) is 14.2. The van der Waals surface area contributed by atoms with Crippen LogP contribution in [-0.2, 0) is 4.74 Å². The molecule has 0 atom stereocenters. The molecule has 178 valence electrons. The van der Waals surface area contributed by atoms with E-state index in [1.807, 2.05) is 51.1 Å². The zero-order valence-corrected chi connectivity index (χ0v) is 23.1. The van der Waals surface area contributed by atoms with E-state index in [2.05, 4.69) is 71.2 Å². The van der Waals surface area contributed by atoms with Crippen molar-refractivity contribution in [3.8, 4) is 22.6 Å². The number of carbonyl (C=O) groups is 1. The molecule has 0 aliphatic carbocycles. The largest absolute Gasteiger partial charge is 0.443 e. The SMILES string of the molecule is CC(C)[Si](C#Cc1cc(-c2ccccc2)cc(N(C)C(=O)OC(C)(C)C)c1)(C(C)C)C(C)C. The monoisotopic (exact) mass is 463 g/mol. The van der Waals surface area contributed by atoms with Crippen molar-refractivity contribution in [2.24, 2.45) is 0 Å². The summed E-state index contributed by atoms with van der Waals surface area (Å²) in [5.74, 6) is 3.56. The molecule has 0 bridgehead atoms. The van der Waals surface area contributed by atoms with Crippen LogP contribution in [0.15, 0.2) is 48.5 Å². The summed E-state index contributed by atoms with van der Waals surface area (Å²) in [5, 5.41) is 0. The Morgan fingerprint density at radius 1 is 0.879 bits per heavy atom. The van der Waals surface area contributed by atoms with Crippen LogP contribution in [0, 0.1) is 11.5 Å². The highest BCUT2D eigenvalue weighted by Crippen LogP contribution is 2.41. The van der Waals surface area contributed by atoms with E-state index >= 15 is 0 Å². The third-order valence-electron chi connectivity index (χ3n) is 6.37. The summed E-state index contributed by atoms with van der Waals surface area (Å²) >= 11 is 0. The van der Waals surface area contributed by atoms with Crippen molar-refractivity contribution in [1.29, 1.82) is 0 Å². The average molecular weight is 464 g/mol. The first-order chi connectivity index (χ1) is 15.3. The second kappa shape index (κ2) is 10.6. The second-order valence-corrected chi connectivity index (χ2v) is 16.4. The van der Waals surface area contributed by atoms with Crippen LogP contribution < -0.4 is 4.90 Å². The lowest BCUT2D eigenvalue weighted by Crippen LogP contribution is -2.43. The summed E-state index contributed by atoms with van der Waals surface area (Å²) in [5.41, 5.74) is 8.79. The number of nitrogens with zero attached hydrogens (tertiary/aromatic N) is 1. The van der Waals surface area contributed by atoms with Gasteiger partial charge < -0.3 is 4.74 Å². The normalized spacial score (nSPS) is 12.0. The summed E-state index contributed by atoms with van der Waals surface area (Å²) in [6, 6.07) is 16.4. The highest BCUT2D eigenvalue weighted by molar-refractivity contribution is 6.90. The van der Waals surface area contributed by atoms with Crippen molar-refractivity contribution < 1.29 is 9.53 Å². The predicted octanol–water partition coefficient (Wildman–Crippen LogP) is 8.29. The number of carbonyl (C=O) groups excluding carboxylic acids is 1. The Bertz CT molecular complexity index is 986. The summed E-state index contributed by atoms with van der Waals surface area (Å²) < 4.78 is 5.61. The van der Waals surface area contributed by atoms with Crippen molar-refractivity contribution in [1.82, 2.24) is 0 Å². The van der Waals surface area contributed by atoms with Gasteiger partial charge in [-0.25, -0.2) is 4.79 Å². The summed E-state index contributed by atoms with van der Waals surface area (Å²) in [7, 11) is -0.117. The molecule has 0 heterocycles. The van der Waals surface area contributed by atoms with Crippen LogP contribution in [0.25, 0.3) is 11.1 Å². The van der Waals surface area contributed by atoms with Gasteiger partial charge in [-0.1, -0.05) is 77.8 Å². The van der Waals surface area contributed by atoms with Gasteiger partial charge in [0.1, 0.15) is 13.7 Å². The van der Waals surface area contributed by atoms with Crippen LogP contribution in [0.2, 0.25) is 16.6 Å². The molecule has 4 heteroatoms. The van der Waals surface area contributed by atoms with Gasteiger partial charge in [-0.3, -0.25) is 4.90 Å². The number of ether oxygens (including phenoxy) is 1. The minimum absolute atomic E-state index is 0.373. The van der Waals surface area contributed by atoms with Crippen LogP contribution >= 0.6 is 0 Å². The fourth-order valence-electron chi connectivity index (χ4n) is 4.72. The summed E-state index contributed by atoms with van der Waals surface area (Å²) in [4.78, 5) is 14.3. The van der Waals surface area contributed by atoms with Crippen molar-refractivity contribution in [3.63, 3.8) is 0 Å². The molecule has 0 saturated heterocycles. The molecule has 0 aliphatic rings. The third kappa shape index (κ3) is 6.51. The molecule has 2 aromatic carbocycles. The van der Waals surface area contributed by atoms with Crippen LogP contribution in [0.3, 0.4) is 0 Å². The highest BCUT2D eigenvalue weighted by Gasteiger charge is 2.41. The van der Waals surface area contributed by atoms with Gasteiger partial charge in [-0.2, -0.15) is 0 Å². The van der Waals surface area contributed by atoms with Crippen molar-refractivity contribution >= 4 is 19.9 Å². The minimum atomic E-state index is -1.87. The van der Waals surface area contributed by atoms with E-state index in [0.717, 1.165) is 22.4 Å². The molecule has 0 spiro atoms. The van der Waals surface area contributed by atoms with Crippen LogP contribution in [-0.4, -0.2) is 26.8 Å². The molecule has 0 aromatic heterocycles. The van der Waals surface area contributed by atoms with Crippen molar-refractivity contribution in [3.05, 3.63) is 54.1 Å². The summed E-state index contributed by atoms with van der Waals surface area (Å²) in [6.07, 6.45) is -0.373. The Balaban J connectivity index is 2.63. The minimum Gasteiger partial charge on any atom is -0.443 e. The zero-order chi connectivity index (χ0) is 25.0. The van der Waals surface area contributed by atoms with E-state index in [1.165, 1.54) is 0 Å². The van der Waals surface area contributed by atoms with Crippen molar-refractivity contribution in [2.45, 2.75) is 84.5 Å². The van der Waals surface area contributed by atoms with Crippen molar-refractivity contribution in [2.75, 3.05) is 11.9 Å². The number of benzene rings is 2. The van der Waals surface area contributed by atoms with E-state index in [-0.39, 0.29) is 6.09 Å². The standard InChI is InChI=1S/C29H41NO2Si/c1-21(2)33(22(3)4,23(5)6)17-16-24-18-26(25-14-12-11-13-15-25)20-27(19-24)30(10)28(31)32-29(7,8)9/h11-15,18-23H,1-10H3. The van der Waals surface area contributed by atoms with E-state index in [0.29, 0.717) is 16.6 Å². The first-order valence-electron chi connectivity index (χ1n) is 12.0. The smallest absolute Gasteiger partial charge is 0.414 e. The van der Waals surface area contributed by atoms with Gasteiger partial charge in [-0.05, 0) is 66.7 Å². The lowest BCUT2D eigenvalue weighted by atomic mass is 10.0. The summed E-state index contributed by atoms with van der Waals surface area (Å²) in [6.45, 7) is 19.6. The maximum Gasteiger partial charge on any atom is 0.414 e. The molecule has 0 radical (unpaired) electrons. The Kier molecular flexibility index (Phi) is 8.60. The van der Waals surface area contributed by atoms with Crippen LogP contribution in [0.5, 0.6) is 0 Å². The molecule has 2 aromatic rings. The lowest BCUT2D eigenvalue weighted by molar-refractivity contribution is 0.0589. The fourth-order valence-corrected chi connectivity index (χ4v) is 9.95. The molecule has 0 aliphatic heterocycles.